The Morgan fingerprint density at radius 2 is 1.77 bits per heavy atom. The highest BCUT2D eigenvalue weighted by Gasteiger charge is 2.28. The van der Waals surface area contributed by atoms with Gasteiger partial charge in [0.25, 0.3) is 0 Å². The van der Waals surface area contributed by atoms with E-state index in [-0.39, 0.29) is 0 Å². The molecule has 3 heteroatoms. The molecule has 0 aromatic heterocycles. The van der Waals surface area contributed by atoms with E-state index in [4.69, 9.17) is 5.11 Å². The maximum absolute atomic E-state index is 10.9. The van der Waals surface area contributed by atoms with Crippen LogP contribution in [0.5, 0.6) is 0 Å². The third-order valence-electron chi connectivity index (χ3n) is 2.10. The van der Waals surface area contributed by atoms with Gasteiger partial charge in [-0.25, -0.2) is 0 Å². The predicted molar refractivity (Wildman–Crippen MR) is 59.8 cm³/mol. The molecule has 0 saturated carbocycles. The van der Waals surface area contributed by atoms with Gasteiger partial charge in [0.15, 0.2) is 0 Å². The second-order valence-corrected chi connectivity index (χ2v) is 4.68. The van der Waals surface area contributed by atoms with E-state index in [2.05, 4.69) is 22.6 Å². The Morgan fingerprint density at radius 1 is 1.31 bits per heavy atom. The lowest BCUT2D eigenvalue weighted by atomic mass is 9.85. The molecule has 0 atom stereocenters. The number of carboxylic acids is 1. The van der Waals surface area contributed by atoms with Crippen LogP contribution >= 0.6 is 22.6 Å². The van der Waals surface area contributed by atoms with Crippen LogP contribution in [-0.4, -0.2) is 11.1 Å². The first-order valence-electron chi connectivity index (χ1n) is 3.94. The lowest BCUT2D eigenvalue weighted by Gasteiger charge is -2.19. The smallest absolute Gasteiger partial charge is 0.313 e. The molecular formula is C10H11IO2. The molecule has 0 aliphatic heterocycles. The van der Waals surface area contributed by atoms with Crippen molar-refractivity contribution in [1.82, 2.24) is 0 Å². The van der Waals surface area contributed by atoms with Crippen molar-refractivity contribution in [2.24, 2.45) is 0 Å². The first-order chi connectivity index (χ1) is 5.94. The fraction of sp³-hybridized carbons (Fsp3) is 0.300. The molecule has 0 aliphatic rings. The van der Waals surface area contributed by atoms with Gasteiger partial charge in [-0.05, 0) is 54.1 Å². The summed E-state index contributed by atoms with van der Waals surface area (Å²) in [5.41, 5.74) is 0.0325. The summed E-state index contributed by atoms with van der Waals surface area (Å²) >= 11 is 2.19. The summed E-state index contributed by atoms with van der Waals surface area (Å²) in [6.45, 7) is 3.41. The highest BCUT2D eigenvalue weighted by atomic mass is 127. The molecule has 1 rings (SSSR count). The van der Waals surface area contributed by atoms with E-state index in [1.54, 1.807) is 13.8 Å². The minimum atomic E-state index is -0.801. The second-order valence-electron chi connectivity index (χ2n) is 3.44. The van der Waals surface area contributed by atoms with Crippen molar-refractivity contribution in [2.75, 3.05) is 0 Å². The molecule has 1 aromatic carbocycles. The van der Waals surface area contributed by atoms with Gasteiger partial charge in [0, 0.05) is 3.57 Å². The lowest BCUT2D eigenvalue weighted by molar-refractivity contribution is -0.142. The normalized spacial score (nSPS) is 11.3. The molecule has 13 heavy (non-hydrogen) atoms. The summed E-state index contributed by atoms with van der Waals surface area (Å²) in [5.74, 6) is -0.797. The van der Waals surface area contributed by atoms with Crippen LogP contribution in [0.2, 0.25) is 0 Å². The topological polar surface area (TPSA) is 37.3 Å². The van der Waals surface area contributed by atoms with Crippen LogP contribution in [-0.2, 0) is 10.2 Å². The maximum Gasteiger partial charge on any atom is 0.313 e. The first-order valence-corrected chi connectivity index (χ1v) is 5.02. The van der Waals surface area contributed by atoms with Crippen LogP contribution in [0.1, 0.15) is 19.4 Å². The zero-order chi connectivity index (χ0) is 10.1. The van der Waals surface area contributed by atoms with Crippen LogP contribution in [0.3, 0.4) is 0 Å². The van der Waals surface area contributed by atoms with Crippen LogP contribution in [0.15, 0.2) is 24.3 Å². The van der Waals surface area contributed by atoms with Gasteiger partial charge in [0.05, 0.1) is 5.41 Å². The van der Waals surface area contributed by atoms with Crippen molar-refractivity contribution in [3.8, 4) is 0 Å². The molecule has 70 valence electrons. The highest BCUT2D eigenvalue weighted by molar-refractivity contribution is 14.1. The van der Waals surface area contributed by atoms with Gasteiger partial charge in [0.2, 0.25) is 0 Å². The van der Waals surface area contributed by atoms with E-state index in [9.17, 15) is 4.79 Å². The van der Waals surface area contributed by atoms with Crippen LogP contribution < -0.4 is 0 Å². The van der Waals surface area contributed by atoms with Crippen molar-refractivity contribution in [1.29, 1.82) is 0 Å². The molecule has 0 unspecified atom stereocenters. The van der Waals surface area contributed by atoms with E-state index in [1.165, 1.54) is 0 Å². The van der Waals surface area contributed by atoms with Crippen LogP contribution in [0.25, 0.3) is 0 Å². The quantitative estimate of drug-likeness (QED) is 0.850. The first kappa shape index (κ1) is 10.5. The molecule has 0 aliphatic carbocycles. The monoisotopic (exact) mass is 290 g/mol. The number of benzene rings is 1. The molecule has 1 aromatic rings. The molecular weight excluding hydrogens is 279 g/mol. The molecule has 0 bridgehead atoms. The summed E-state index contributed by atoms with van der Waals surface area (Å²) < 4.78 is 1.11. The third-order valence-corrected chi connectivity index (χ3v) is 2.82. The fourth-order valence-electron chi connectivity index (χ4n) is 0.990. The SMILES string of the molecule is CC(C)(C(=O)O)c1ccc(I)cc1. The van der Waals surface area contributed by atoms with Crippen LogP contribution in [0, 0.1) is 3.57 Å². The van der Waals surface area contributed by atoms with Gasteiger partial charge < -0.3 is 5.11 Å². The Bertz CT molecular complexity index is 314. The van der Waals surface area contributed by atoms with Crippen molar-refractivity contribution in [3.63, 3.8) is 0 Å². The minimum absolute atomic E-state index is 0.797. The molecule has 0 fully saturated rings. The van der Waals surface area contributed by atoms with Gasteiger partial charge >= 0.3 is 5.97 Å². The zero-order valence-electron chi connectivity index (χ0n) is 7.54. The number of hydrogen-bond donors (Lipinski definition) is 1. The standard InChI is InChI=1S/C10H11IO2/c1-10(2,9(12)13)7-3-5-8(11)6-4-7/h3-6H,1-2H3,(H,12,13). The molecule has 0 radical (unpaired) electrons. The third kappa shape index (κ3) is 2.21. The van der Waals surface area contributed by atoms with Gasteiger partial charge in [-0.15, -0.1) is 0 Å². The van der Waals surface area contributed by atoms with E-state index >= 15 is 0 Å². The van der Waals surface area contributed by atoms with E-state index in [0.29, 0.717) is 0 Å². The largest absolute Gasteiger partial charge is 0.481 e. The molecule has 0 spiro atoms. The summed E-state index contributed by atoms with van der Waals surface area (Å²) in [7, 11) is 0. The summed E-state index contributed by atoms with van der Waals surface area (Å²) in [6.07, 6.45) is 0. The van der Waals surface area contributed by atoms with Crippen molar-refractivity contribution < 1.29 is 9.90 Å². The number of rotatable bonds is 2. The molecule has 1 N–H and O–H groups in total. The summed E-state index contributed by atoms with van der Waals surface area (Å²) in [6, 6.07) is 7.55. The fourth-order valence-corrected chi connectivity index (χ4v) is 1.35. The molecule has 0 heterocycles. The Kier molecular flexibility index (Phi) is 2.95. The van der Waals surface area contributed by atoms with Gasteiger partial charge in [-0.1, -0.05) is 12.1 Å². The van der Waals surface area contributed by atoms with E-state index in [0.717, 1.165) is 9.13 Å². The van der Waals surface area contributed by atoms with E-state index in [1.807, 2.05) is 24.3 Å². The Hall–Kier alpha value is -0.580. The molecule has 0 saturated heterocycles. The molecule has 0 amide bonds. The average Bonchev–Trinajstić information content (AvgIpc) is 2.04. The highest BCUT2D eigenvalue weighted by Crippen LogP contribution is 2.23. The number of carboxylic acid groups (broad SMARTS) is 1. The average molecular weight is 290 g/mol. The number of halogens is 1. The van der Waals surface area contributed by atoms with Crippen molar-refractivity contribution in [3.05, 3.63) is 33.4 Å². The number of carbonyl (C=O) groups is 1. The van der Waals surface area contributed by atoms with Crippen molar-refractivity contribution >= 4 is 28.6 Å². The summed E-state index contributed by atoms with van der Waals surface area (Å²) in [5, 5.41) is 8.96. The second kappa shape index (κ2) is 3.65. The number of hydrogen-bond acceptors (Lipinski definition) is 1. The van der Waals surface area contributed by atoms with Gasteiger partial charge in [0.1, 0.15) is 0 Å². The summed E-state index contributed by atoms with van der Waals surface area (Å²) in [4.78, 5) is 10.9. The Morgan fingerprint density at radius 3 is 2.15 bits per heavy atom. The zero-order valence-corrected chi connectivity index (χ0v) is 9.70. The van der Waals surface area contributed by atoms with Crippen molar-refractivity contribution in [2.45, 2.75) is 19.3 Å². The van der Waals surface area contributed by atoms with Gasteiger partial charge in [-0.3, -0.25) is 4.79 Å². The lowest BCUT2D eigenvalue weighted by Crippen LogP contribution is -2.28. The molecule has 2 nitrogen and oxygen atoms in total. The predicted octanol–water partition coefficient (Wildman–Crippen LogP) is 2.65. The van der Waals surface area contributed by atoms with Gasteiger partial charge in [-0.2, -0.15) is 0 Å². The Labute approximate surface area is 91.1 Å². The Balaban J connectivity index is 3.08. The maximum atomic E-state index is 10.9. The van der Waals surface area contributed by atoms with E-state index < -0.39 is 11.4 Å². The van der Waals surface area contributed by atoms with Crippen LogP contribution in [0.4, 0.5) is 0 Å². The minimum Gasteiger partial charge on any atom is -0.481 e. The number of aliphatic carboxylic acids is 1.